The fourth-order valence-electron chi connectivity index (χ4n) is 2.41. The van der Waals surface area contributed by atoms with Gasteiger partial charge in [-0.2, -0.15) is 0 Å². The predicted molar refractivity (Wildman–Crippen MR) is 97.0 cm³/mol. The lowest BCUT2D eigenvalue weighted by molar-refractivity contribution is -0.148. The van der Waals surface area contributed by atoms with Gasteiger partial charge in [0, 0.05) is 11.8 Å². The Hall–Kier alpha value is -3.35. The average Bonchev–Trinajstić information content (AvgIpc) is 2.66. The molecule has 7 heteroatoms. The molecule has 6 nitrogen and oxygen atoms in total. The number of ether oxygens (including phenoxy) is 3. The Bertz CT molecular complexity index is 880. The van der Waals surface area contributed by atoms with Crippen LogP contribution in [0.5, 0.6) is 11.5 Å². The highest BCUT2D eigenvalue weighted by Gasteiger charge is 2.17. The third kappa shape index (κ3) is 5.07. The Morgan fingerprint density at radius 1 is 1.15 bits per heavy atom. The van der Waals surface area contributed by atoms with E-state index in [1.807, 2.05) is 0 Å². The van der Waals surface area contributed by atoms with Crippen molar-refractivity contribution in [2.24, 2.45) is 0 Å². The molecule has 140 valence electrons. The quantitative estimate of drug-likeness (QED) is 0.646. The van der Waals surface area contributed by atoms with Gasteiger partial charge in [-0.15, -0.1) is 0 Å². The first-order valence-electron chi connectivity index (χ1n) is 8.36. The minimum atomic E-state index is -1.04. The van der Waals surface area contributed by atoms with Crippen LogP contribution in [-0.4, -0.2) is 31.2 Å². The van der Waals surface area contributed by atoms with E-state index in [1.54, 1.807) is 24.3 Å². The number of nitrogens with one attached hydrogen (secondary N) is 1. The van der Waals surface area contributed by atoms with E-state index in [0.29, 0.717) is 24.7 Å². The molecule has 0 saturated carbocycles. The lowest BCUT2D eigenvalue weighted by Crippen LogP contribution is -2.29. The van der Waals surface area contributed by atoms with E-state index in [0.717, 1.165) is 5.56 Å². The first-order valence-corrected chi connectivity index (χ1v) is 8.36. The highest BCUT2D eigenvalue weighted by Crippen LogP contribution is 2.31. The Labute approximate surface area is 155 Å². The van der Waals surface area contributed by atoms with Crippen molar-refractivity contribution in [3.05, 3.63) is 59.9 Å². The number of benzene rings is 2. The van der Waals surface area contributed by atoms with Gasteiger partial charge in [-0.1, -0.05) is 12.1 Å². The van der Waals surface area contributed by atoms with Crippen molar-refractivity contribution in [3.8, 4) is 11.5 Å². The van der Waals surface area contributed by atoms with Gasteiger partial charge in [-0.25, -0.2) is 9.18 Å². The smallest absolute Gasteiger partial charge is 0.331 e. The van der Waals surface area contributed by atoms with E-state index in [4.69, 9.17) is 14.2 Å². The van der Waals surface area contributed by atoms with E-state index in [9.17, 15) is 14.0 Å². The van der Waals surface area contributed by atoms with Crippen LogP contribution in [0.4, 0.5) is 10.1 Å². The molecule has 0 saturated heterocycles. The summed E-state index contributed by atoms with van der Waals surface area (Å²) in [5.74, 6) is -0.434. The number of halogens is 1. The second-order valence-electron chi connectivity index (χ2n) is 5.82. The average molecular weight is 371 g/mol. The zero-order chi connectivity index (χ0) is 19.2. The van der Waals surface area contributed by atoms with Gasteiger partial charge in [0.15, 0.2) is 17.6 Å². The number of esters is 1. The molecular weight excluding hydrogens is 353 g/mol. The van der Waals surface area contributed by atoms with Crippen LogP contribution in [0.25, 0.3) is 6.08 Å². The second-order valence-corrected chi connectivity index (χ2v) is 5.82. The predicted octanol–water partition coefficient (Wildman–Crippen LogP) is 3.18. The summed E-state index contributed by atoms with van der Waals surface area (Å²) in [5, 5.41) is 2.49. The third-order valence-electron chi connectivity index (χ3n) is 3.73. The van der Waals surface area contributed by atoms with Crippen molar-refractivity contribution in [2.45, 2.75) is 13.0 Å². The monoisotopic (exact) mass is 371 g/mol. The van der Waals surface area contributed by atoms with E-state index < -0.39 is 23.8 Å². The third-order valence-corrected chi connectivity index (χ3v) is 3.73. The Kier molecular flexibility index (Phi) is 5.71. The van der Waals surface area contributed by atoms with Crippen molar-refractivity contribution in [2.75, 3.05) is 18.5 Å². The molecule has 1 N–H and O–H groups in total. The first kappa shape index (κ1) is 18.4. The molecule has 0 bridgehead atoms. The number of amides is 1. The van der Waals surface area contributed by atoms with Gasteiger partial charge in [0.2, 0.25) is 0 Å². The van der Waals surface area contributed by atoms with Crippen LogP contribution in [0, 0.1) is 5.82 Å². The summed E-state index contributed by atoms with van der Waals surface area (Å²) in [5.41, 5.74) is 1.02. The summed E-state index contributed by atoms with van der Waals surface area (Å²) < 4.78 is 29.1. The minimum absolute atomic E-state index is 0.287. The van der Waals surface area contributed by atoms with Crippen molar-refractivity contribution in [1.82, 2.24) is 0 Å². The van der Waals surface area contributed by atoms with Gasteiger partial charge in [0.25, 0.3) is 5.91 Å². The molecule has 0 fully saturated rings. The van der Waals surface area contributed by atoms with Crippen LogP contribution >= 0.6 is 0 Å². The van der Waals surface area contributed by atoms with Gasteiger partial charge in [0.1, 0.15) is 19.0 Å². The normalized spacial score (nSPS) is 13.9. The lowest BCUT2D eigenvalue weighted by Gasteiger charge is -2.18. The number of fused-ring (bicyclic) bond motifs is 1. The van der Waals surface area contributed by atoms with Gasteiger partial charge < -0.3 is 19.5 Å². The number of carbonyl (C=O) groups excluding carboxylic acids is 2. The second kappa shape index (κ2) is 8.35. The highest BCUT2D eigenvalue weighted by atomic mass is 19.1. The lowest BCUT2D eigenvalue weighted by atomic mass is 10.2. The van der Waals surface area contributed by atoms with Crippen LogP contribution in [0.2, 0.25) is 0 Å². The summed E-state index contributed by atoms with van der Waals surface area (Å²) >= 11 is 0. The fourth-order valence-corrected chi connectivity index (χ4v) is 2.41. The molecular formula is C20H18FNO5. The zero-order valence-corrected chi connectivity index (χ0v) is 14.6. The molecule has 27 heavy (non-hydrogen) atoms. The van der Waals surface area contributed by atoms with Crippen molar-refractivity contribution in [1.29, 1.82) is 0 Å². The molecule has 0 aromatic heterocycles. The number of hydrogen-bond acceptors (Lipinski definition) is 5. The van der Waals surface area contributed by atoms with Crippen molar-refractivity contribution < 1.29 is 28.2 Å². The summed E-state index contributed by atoms with van der Waals surface area (Å²) in [6.07, 6.45) is 1.74. The Morgan fingerprint density at radius 2 is 1.93 bits per heavy atom. The van der Waals surface area contributed by atoms with E-state index in [1.165, 1.54) is 37.3 Å². The minimum Gasteiger partial charge on any atom is -0.486 e. The number of carbonyl (C=O) groups is 2. The maximum Gasteiger partial charge on any atom is 0.331 e. The molecule has 1 aliphatic heterocycles. The van der Waals surface area contributed by atoms with E-state index >= 15 is 0 Å². The first-order chi connectivity index (χ1) is 13.0. The Balaban J connectivity index is 1.55. The van der Waals surface area contributed by atoms with Crippen molar-refractivity contribution in [3.63, 3.8) is 0 Å². The molecule has 1 heterocycles. The number of hydrogen-bond donors (Lipinski definition) is 1. The van der Waals surface area contributed by atoms with E-state index in [2.05, 4.69) is 5.32 Å². The van der Waals surface area contributed by atoms with Gasteiger partial charge in [-0.05, 0) is 48.9 Å². The largest absolute Gasteiger partial charge is 0.486 e. The molecule has 1 atom stereocenters. The van der Waals surface area contributed by atoms with Crippen LogP contribution in [0.3, 0.4) is 0 Å². The molecule has 2 aromatic rings. The fraction of sp³-hybridized carbons (Fsp3) is 0.200. The molecule has 0 spiro atoms. The molecule has 1 amide bonds. The Morgan fingerprint density at radius 3 is 2.70 bits per heavy atom. The van der Waals surface area contributed by atoms with Gasteiger partial charge in [0.05, 0.1) is 0 Å². The molecule has 0 aliphatic carbocycles. The summed E-state index contributed by atoms with van der Waals surface area (Å²) in [7, 11) is 0. The van der Waals surface area contributed by atoms with Crippen molar-refractivity contribution >= 4 is 23.6 Å². The van der Waals surface area contributed by atoms with Gasteiger partial charge >= 0.3 is 5.97 Å². The molecule has 0 radical (unpaired) electrons. The standard InChI is InChI=1S/C20H18FNO5/c1-13(20(24)22-16-4-2-3-15(21)12-16)27-19(23)8-6-14-5-7-17-18(11-14)26-10-9-25-17/h2-8,11-13H,9-10H2,1H3,(H,22,24)/b8-6+/t13-/m1/s1. The van der Waals surface area contributed by atoms with Crippen LogP contribution in [0.15, 0.2) is 48.5 Å². The van der Waals surface area contributed by atoms with Crippen LogP contribution in [0.1, 0.15) is 12.5 Å². The molecule has 0 unspecified atom stereocenters. The topological polar surface area (TPSA) is 73.9 Å². The maximum absolute atomic E-state index is 13.1. The highest BCUT2D eigenvalue weighted by molar-refractivity contribution is 5.96. The van der Waals surface area contributed by atoms with Crippen LogP contribution in [-0.2, 0) is 14.3 Å². The van der Waals surface area contributed by atoms with E-state index in [-0.39, 0.29) is 5.69 Å². The summed E-state index contributed by atoms with van der Waals surface area (Å²) in [4.78, 5) is 24.0. The molecule has 1 aliphatic rings. The SMILES string of the molecule is C[C@@H](OC(=O)/C=C/c1ccc2c(c1)OCCO2)C(=O)Nc1cccc(F)c1. The summed E-state index contributed by atoms with van der Waals surface area (Å²) in [6, 6.07) is 10.7. The van der Waals surface area contributed by atoms with Gasteiger partial charge in [-0.3, -0.25) is 4.79 Å². The zero-order valence-electron chi connectivity index (χ0n) is 14.6. The molecule has 2 aromatic carbocycles. The number of rotatable bonds is 5. The summed E-state index contributed by atoms with van der Waals surface area (Å²) in [6.45, 7) is 2.41. The number of anilines is 1. The van der Waals surface area contributed by atoms with Crippen LogP contribution < -0.4 is 14.8 Å². The molecule has 3 rings (SSSR count). The maximum atomic E-state index is 13.1.